The van der Waals surface area contributed by atoms with E-state index in [1.165, 1.54) is 10.4 Å². The van der Waals surface area contributed by atoms with Crippen LogP contribution in [0.2, 0.25) is 5.28 Å². The van der Waals surface area contributed by atoms with Gasteiger partial charge in [-0.25, -0.2) is 4.98 Å². The lowest BCUT2D eigenvalue weighted by Gasteiger charge is -2.32. The normalized spacial score (nSPS) is 25.1. The van der Waals surface area contributed by atoms with Gasteiger partial charge in [-0.2, -0.15) is 4.98 Å². The van der Waals surface area contributed by atoms with Crippen molar-refractivity contribution in [2.75, 3.05) is 14.1 Å². The summed E-state index contributed by atoms with van der Waals surface area (Å²) < 4.78 is 6.38. The van der Waals surface area contributed by atoms with Gasteiger partial charge in [0.25, 0.3) is 0 Å². The Morgan fingerprint density at radius 2 is 1.96 bits per heavy atom. The number of Topliss-reactive ketones (excluding diaryl/α,β-unsaturated/α-hetero) is 1. The van der Waals surface area contributed by atoms with Gasteiger partial charge >= 0.3 is 0 Å². The molecule has 0 spiro atoms. The molecule has 2 aromatic heterocycles. The van der Waals surface area contributed by atoms with E-state index >= 15 is 0 Å². The molecular weight excluding hydrogens is 382 g/mol. The average Bonchev–Trinajstić information content (AvgIpc) is 3.14. The van der Waals surface area contributed by atoms with E-state index < -0.39 is 0 Å². The molecular formula is C20H26ClN3O2S. The lowest BCUT2D eigenvalue weighted by molar-refractivity contribution is -0.117. The Bertz CT molecular complexity index is 859. The van der Waals surface area contributed by atoms with Crippen LogP contribution in [-0.4, -0.2) is 46.9 Å². The number of carbonyl (C=O) groups is 1. The zero-order valence-electron chi connectivity index (χ0n) is 16.1. The number of hydrogen-bond donors (Lipinski definition) is 0. The summed E-state index contributed by atoms with van der Waals surface area (Å²) in [6.07, 6.45) is 7.08. The minimum absolute atomic E-state index is 0.165. The molecule has 2 aliphatic carbocycles. The highest BCUT2D eigenvalue weighted by Crippen LogP contribution is 2.48. The third-order valence-electron chi connectivity index (χ3n) is 5.92. The zero-order chi connectivity index (χ0) is 19.1. The van der Waals surface area contributed by atoms with Crippen molar-refractivity contribution in [3.8, 4) is 5.88 Å². The second-order valence-electron chi connectivity index (χ2n) is 8.07. The molecule has 146 valence electrons. The molecule has 2 aliphatic rings. The minimum atomic E-state index is 0.165. The molecule has 0 radical (unpaired) electrons. The van der Waals surface area contributed by atoms with Crippen molar-refractivity contribution in [1.82, 2.24) is 14.9 Å². The molecule has 2 aromatic rings. The van der Waals surface area contributed by atoms with E-state index in [1.54, 1.807) is 18.3 Å². The average molecular weight is 408 g/mol. The molecule has 1 fully saturated rings. The molecule has 0 amide bonds. The fourth-order valence-electron chi connectivity index (χ4n) is 4.55. The van der Waals surface area contributed by atoms with Crippen LogP contribution >= 0.6 is 22.9 Å². The molecule has 1 saturated carbocycles. The fourth-order valence-corrected chi connectivity index (χ4v) is 6.03. The number of nitrogens with zero attached hydrogens (tertiary/aromatic N) is 3. The van der Waals surface area contributed by atoms with Gasteiger partial charge in [0.05, 0.1) is 5.39 Å². The molecule has 0 aromatic carbocycles. The zero-order valence-corrected chi connectivity index (χ0v) is 17.7. The maximum atomic E-state index is 11.7. The highest BCUT2D eigenvalue weighted by Gasteiger charge is 2.32. The van der Waals surface area contributed by atoms with Crippen LogP contribution < -0.4 is 4.74 Å². The maximum absolute atomic E-state index is 11.7. The van der Waals surface area contributed by atoms with Crippen LogP contribution in [0, 0.1) is 0 Å². The van der Waals surface area contributed by atoms with Crippen molar-refractivity contribution in [1.29, 1.82) is 0 Å². The Morgan fingerprint density at radius 1 is 1.22 bits per heavy atom. The molecule has 0 saturated heterocycles. The lowest BCUT2D eigenvalue weighted by Crippen LogP contribution is -2.35. The molecule has 2 heterocycles. The first-order valence-electron chi connectivity index (χ1n) is 9.73. The van der Waals surface area contributed by atoms with E-state index in [1.807, 2.05) is 0 Å². The van der Waals surface area contributed by atoms with E-state index in [-0.39, 0.29) is 23.1 Å². The molecule has 0 N–H and O–H groups in total. The van der Waals surface area contributed by atoms with E-state index in [9.17, 15) is 4.79 Å². The number of aromatic nitrogens is 2. The molecule has 5 nitrogen and oxygen atoms in total. The van der Waals surface area contributed by atoms with Gasteiger partial charge in [0.15, 0.2) is 0 Å². The number of carbonyl (C=O) groups excluding carboxylic acids is 1. The number of aryl methyl sites for hydroxylation is 1. The van der Waals surface area contributed by atoms with Crippen molar-refractivity contribution in [2.45, 2.75) is 69.9 Å². The molecule has 0 unspecified atom stereocenters. The quantitative estimate of drug-likeness (QED) is 0.677. The first-order valence-corrected chi connectivity index (χ1v) is 10.9. The highest BCUT2D eigenvalue weighted by atomic mass is 35.5. The molecule has 0 bridgehead atoms. The largest absolute Gasteiger partial charge is 0.474 e. The number of halogens is 1. The van der Waals surface area contributed by atoms with Gasteiger partial charge in [-0.05, 0) is 82.6 Å². The van der Waals surface area contributed by atoms with Gasteiger partial charge in [-0.1, -0.05) is 0 Å². The summed E-state index contributed by atoms with van der Waals surface area (Å²) in [5.41, 5.74) is 1.24. The topological polar surface area (TPSA) is 55.3 Å². The highest BCUT2D eigenvalue weighted by molar-refractivity contribution is 7.19. The number of rotatable bonds is 5. The standard InChI is InChI=1S/C20H26ClN3O2S/c1-11(25)10-12-4-9-15-16(12)17-18(22-20(21)23-19(17)27-15)26-14-7-5-13(6-8-14)24(2)3/h12-14H,4-10H2,1-3H3/t12-,13-,14-/m0/s1. The fraction of sp³-hybridized carbons (Fsp3) is 0.650. The third kappa shape index (κ3) is 3.84. The Kier molecular flexibility index (Phi) is 5.41. The van der Waals surface area contributed by atoms with Crippen LogP contribution in [0.25, 0.3) is 10.2 Å². The summed E-state index contributed by atoms with van der Waals surface area (Å²) in [5, 5.41) is 1.24. The summed E-state index contributed by atoms with van der Waals surface area (Å²) in [7, 11) is 4.28. The second-order valence-corrected chi connectivity index (χ2v) is 9.49. The van der Waals surface area contributed by atoms with Gasteiger partial charge in [0.1, 0.15) is 16.7 Å². The molecule has 1 atom stereocenters. The summed E-state index contributed by atoms with van der Waals surface area (Å²) in [5.74, 6) is 1.10. The summed E-state index contributed by atoms with van der Waals surface area (Å²) in [6, 6.07) is 0.629. The minimum Gasteiger partial charge on any atom is -0.474 e. The van der Waals surface area contributed by atoms with E-state index in [2.05, 4.69) is 29.0 Å². The smallest absolute Gasteiger partial charge is 0.227 e. The van der Waals surface area contributed by atoms with Crippen molar-refractivity contribution in [3.63, 3.8) is 0 Å². The first kappa shape index (κ1) is 19.1. The van der Waals surface area contributed by atoms with Crippen LogP contribution in [0.4, 0.5) is 0 Å². The van der Waals surface area contributed by atoms with Crippen molar-refractivity contribution < 1.29 is 9.53 Å². The van der Waals surface area contributed by atoms with E-state index in [4.69, 9.17) is 16.3 Å². The van der Waals surface area contributed by atoms with Crippen molar-refractivity contribution in [3.05, 3.63) is 15.7 Å². The number of thiophene rings is 1. The van der Waals surface area contributed by atoms with Gasteiger partial charge in [-0.3, -0.25) is 0 Å². The SMILES string of the molecule is CC(=O)C[C@@H]1CCc2sc3nc(Cl)nc(O[C@H]4CC[C@H](N(C)C)CC4)c3c21. The summed E-state index contributed by atoms with van der Waals surface area (Å²) in [6.45, 7) is 1.67. The Morgan fingerprint density at radius 3 is 2.63 bits per heavy atom. The first-order chi connectivity index (χ1) is 12.9. The van der Waals surface area contributed by atoms with E-state index in [0.717, 1.165) is 48.7 Å². The third-order valence-corrected chi connectivity index (χ3v) is 7.25. The number of fused-ring (bicyclic) bond motifs is 3. The predicted octanol–water partition coefficient (Wildman–Crippen LogP) is 4.61. The molecule has 0 aliphatic heterocycles. The molecule has 4 rings (SSSR count). The van der Waals surface area contributed by atoms with E-state index in [0.29, 0.717) is 18.3 Å². The van der Waals surface area contributed by atoms with Crippen molar-refractivity contribution >= 4 is 38.9 Å². The Balaban J connectivity index is 1.64. The van der Waals surface area contributed by atoms with Crippen LogP contribution in [0.15, 0.2) is 0 Å². The number of ketones is 1. The summed E-state index contributed by atoms with van der Waals surface area (Å²) in [4.78, 5) is 25.1. The van der Waals surface area contributed by atoms with Crippen LogP contribution in [-0.2, 0) is 11.2 Å². The van der Waals surface area contributed by atoms with Crippen LogP contribution in [0.5, 0.6) is 5.88 Å². The van der Waals surface area contributed by atoms with Gasteiger partial charge in [-0.15, -0.1) is 11.3 Å². The van der Waals surface area contributed by atoms with Crippen LogP contribution in [0.3, 0.4) is 0 Å². The second kappa shape index (κ2) is 7.64. The number of ether oxygens (including phenoxy) is 1. The molecule has 27 heavy (non-hydrogen) atoms. The van der Waals surface area contributed by atoms with Crippen molar-refractivity contribution in [2.24, 2.45) is 0 Å². The Hall–Kier alpha value is -1.24. The van der Waals surface area contributed by atoms with Gasteiger partial charge < -0.3 is 14.4 Å². The summed E-state index contributed by atoms with van der Waals surface area (Å²) >= 11 is 7.87. The maximum Gasteiger partial charge on any atom is 0.227 e. The predicted molar refractivity (Wildman–Crippen MR) is 109 cm³/mol. The lowest BCUT2D eigenvalue weighted by atomic mass is 9.92. The molecule has 7 heteroatoms. The number of hydrogen-bond acceptors (Lipinski definition) is 6. The van der Waals surface area contributed by atoms with Gasteiger partial charge in [0.2, 0.25) is 11.2 Å². The van der Waals surface area contributed by atoms with Crippen LogP contribution in [0.1, 0.15) is 61.8 Å². The van der Waals surface area contributed by atoms with Gasteiger partial charge in [0, 0.05) is 17.3 Å². The Labute approximate surface area is 169 Å². The monoisotopic (exact) mass is 407 g/mol.